The SMILES string of the molecule is CC(Oc1ccccc1C#N)C(=O)Nc1nc2c(s1)CN(C)CC2. The Morgan fingerprint density at radius 1 is 1.50 bits per heavy atom. The third-order valence-corrected chi connectivity index (χ3v) is 4.83. The highest BCUT2D eigenvalue weighted by molar-refractivity contribution is 7.15. The molecule has 124 valence electrons. The van der Waals surface area contributed by atoms with Crippen LogP contribution in [0.2, 0.25) is 0 Å². The summed E-state index contributed by atoms with van der Waals surface area (Å²) < 4.78 is 5.62. The first kappa shape index (κ1) is 16.4. The molecule has 0 spiro atoms. The van der Waals surface area contributed by atoms with Crippen molar-refractivity contribution in [3.05, 3.63) is 40.4 Å². The van der Waals surface area contributed by atoms with Gasteiger partial charge < -0.3 is 9.64 Å². The summed E-state index contributed by atoms with van der Waals surface area (Å²) in [4.78, 5) is 20.3. The first-order valence-electron chi connectivity index (χ1n) is 7.70. The fourth-order valence-corrected chi connectivity index (χ4v) is 3.58. The van der Waals surface area contributed by atoms with Gasteiger partial charge >= 0.3 is 0 Å². The van der Waals surface area contributed by atoms with Gasteiger partial charge in [-0.05, 0) is 26.1 Å². The smallest absolute Gasteiger partial charge is 0.266 e. The number of para-hydroxylation sites is 1. The lowest BCUT2D eigenvalue weighted by Gasteiger charge is -2.20. The minimum absolute atomic E-state index is 0.276. The Hall–Kier alpha value is -2.43. The van der Waals surface area contributed by atoms with E-state index in [0.29, 0.717) is 16.4 Å². The molecule has 6 nitrogen and oxygen atoms in total. The predicted octanol–water partition coefficient (Wildman–Crippen LogP) is 2.41. The molecule has 7 heteroatoms. The van der Waals surface area contributed by atoms with Gasteiger partial charge in [-0.15, -0.1) is 11.3 Å². The van der Waals surface area contributed by atoms with Gasteiger partial charge in [-0.1, -0.05) is 12.1 Å². The molecule has 1 aliphatic heterocycles. The van der Waals surface area contributed by atoms with Crippen LogP contribution in [-0.2, 0) is 17.8 Å². The Morgan fingerprint density at radius 2 is 2.29 bits per heavy atom. The fraction of sp³-hybridized carbons (Fsp3) is 0.353. The van der Waals surface area contributed by atoms with Crippen LogP contribution in [0.4, 0.5) is 5.13 Å². The number of rotatable bonds is 4. The van der Waals surface area contributed by atoms with Crippen molar-refractivity contribution in [1.82, 2.24) is 9.88 Å². The number of aromatic nitrogens is 1. The van der Waals surface area contributed by atoms with E-state index in [0.717, 1.165) is 25.2 Å². The van der Waals surface area contributed by atoms with Crippen molar-refractivity contribution in [1.29, 1.82) is 5.26 Å². The van der Waals surface area contributed by atoms with Crippen molar-refractivity contribution in [2.24, 2.45) is 0 Å². The first-order valence-corrected chi connectivity index (χ1v) is 8.52. The summed E-state index contributed by atoms with van der Waals surface area (Å²) >= 11 is 1.51. The van der Waals surface area contributed by atoms with E-state index in [1.54, 1.807) is 31.2 Å². The number of nitriles is 1. The standard InChI is InChI=1S/C17H18N4O2S/c1-11(23-14-6-4-3-5-12(14)9-18)16(22)20-17-19-13-7-8-21(2)10-15(13)24-17/h3-6,11H,7-8,10H2,1-2H3,(H,19,20,22). The summed E-state index contributed by atoms with van der Waals surface area (Å²) in [5.74, 6) is 0.130. The number of carbonyl (C=O) groups excluding carboxylic acids is 1. The van der Waals surface area contributed by atoms with E-state index in [-0.39, 0.29) is 5.91 Å². The van der Waals surface area contributed by atoms with Crippen LogP contribution < -0.4 is 10.1 Å². The van der Waals surface area contributed by atoms with Gasteiger partial charge in [0.2, 0.25) is 0 Å². The van der Waals surface area contributed by atoms with Crippen molar-refractivity contribution in [3.8, 4) is 11.8 Å². The Morgan fingerprint density at radius 3 is 3.08 bits per heavy atom. The highest BCUT2D eigenvalue weighted by atomic mass is 32.1. The van der Waals surface area contributed by atoms with E-state index < -0.39 is 6.10 Å². The molecule has 1 aromatic heterocycles. The summed E-state index contributed by atoms with van der Waals surface area (Å²) in [6.07, 6.45) is 0.183. The molecule has 0 saturated heterocycles. The number of amides is 1. The maximum Gasteiger partial charge on any atom is 0.266 e. The average molecular weight is 342 g/mol. The topological polar surface area (TPSA) is 78.2 Å². The highest BCUT2D eigenvalue weighted by Gasteiger charge is 2.21. The molecule has 2 aromatic rings. The summed E-state index contributed by atoms with van der Waals surface area (Å²) in [5, 5.41) is 12.5. The number of anilines is 1. The molecule has 2 heterocycles. The Balaban J connectivity index is 1.66. The molecule has 1 amide bonds. The largest absolute Gasteiger partial charge is 0.480 e. The van der Waals surface area contributed by atoms with Crippen molar-refractivity contribution in [3.63, 3.8) is 0 Å². The van der Waals surface area contributed by atoms with Crippen LogP contribution in [0.25, 0.3) is 0 Å². The van der Waals surface area contributed by atoms with Crippen LogP contribution in [0.3, 0.4) is 0 Å². The molecular weight excluding hydrogens is 324 g/mol. The van der Waals surface area contributed by atoms with E-state index in [2.05, 4.69) is 28.3 Å². The van der Waals surface area contributed by atoms with Gasteiger partial charge in [0.15, 0.2) is 11.2 Å². The number of ether oxygens (including phenoxy) is 1. The molecular formula is C17H18N4O2S. The van der Waals surface area contributed by atoms with Crippen molar-refractivity contribution < 1.29 is 9.53 Å². The van der Waals surface area contributed by atoms with E-state index in [4.69, 9.17) is 10.00 Å². The van der Waals surface area contributed by atoms with Crippen LogP contribution in [-0.4, -0.2) is 35.5 Å². The predicted molar refractivity (Wildman–Crippen MR) is 92.0 cm³/mol. The van der Waals surface area contributed by atoms with Gasteiger partial charge in [-0.2, -0.15) is 5.26 Å². The second-order valence-corrected chi connectivity index (χ2v) is 6.82. The zero-order valence-electron chi connectivity index (χ0n) is 13.6. The number of benzene rings is 1. The Kier molecular flexibility index (Phi) is 4.79. The molecule has 0 saturated carbocycles. The van der Waals surface area contributed by atoms with E-state index in [1.807, 2.05) is 0 Å². The summed E-state index contributed by atoms with van der Waals surface area (Å²) in [5.41, 5.74) is 1.47. The summed E-state index contributed by atoms with van der Waals surface area (Å²) in [7, 11) is 2.07. The number of nitrogens with zero attached hydrogens (tertiary/aromatic N) is 3. The molecule has 3 rings (SSSR count). The van der Waals surface area contributed by atoms with Crippen molar-refractivity contribution >= 4 is 22.4 Å². The molecule has 0 aliphatic carbocycles. The van der Waals surface area contributed by atoms with E-state index in [9.17, 15) is 4.79 Å². The van der Waals surface area contributed by atoms with Crippen LogP contribution in [0.1, 0.15) is 23.1 Å². The van der Waals surface area contributed by atoms with Crippen LogP contribution in [0.5, 0.6) is 5.75 Å². The zero-order valence-corrected chi connectivity index (χ0v) is 14.4. The van der Waals surface area contributed by atoms with Crippen LogP contribution >= 0.6 is 11.3 Å². The molecule has 0 radical (unpaired) electrons. The number of thiazole rings is 1. The fourth-order valence-electron chi connectivity index (χ4n) is 2.49. The van der Waals surface area contributed by atoms with E-state index in [1.165, 1.54) is 16.2 Å². The van der Waals surface area contributed by atoms with Crippen LogP contribution in [0, 0.1) is 11.3 Å². The Labute approximate surface area is 144 Å². The zero-order chi connectivity index (χ0) is 17.1. The normalized spacial score (nSPS) is 15.2. The minimum atomic E-state index is -0.719. The van der Waals surface area contributed by atoms with E-state index >= 15 is 0 Å². The van der Waals surface area contributed by atoms with Crippen molar-refractivity contribution in [2.45, 2.75) is 26.0 Å². The quantitative estimate of drug-likeness (QED) is 0.923. The lowest BCUT2D eigenvalue weighted by molar-refractivity contribution is -0.122. The lowest BCUT2D eigenvalue weighted by atomic mass is 10.2. The van der Waals surface area contributed by atoms with Crippen molar-refractivity contribution in [2.75, 3.05) is 18.9 Å². The number of fused-ring (bicyclic) bond motifs is 1. The summed E-state index contributed by atoms with van der Waals surface area (Å²) in [6.45, 7) is 3.50. The molecule has 0 fully saturated rings. The molecule has 1 atom stereocenters. The summed E-state index contributed by atoms with van der Waals surface area (Å²) in [6, 6.07) is 8.92. The average Bonchev–Trinajstić information content (AvgIpc) is 2.96. The van der Waals surface area contributed by atoms with Gasteiger partial charge in [0.05, 0.1) is 11.3 Å². The monoisotopic (exact) mass is 342 g/mol. The number of nitrogens with one attached hydrogen (secondary N) is 1. The number of hydrogen-bond donors (Lipinski definition) is 1. The maximum absolute atomic E-state index is 12.3. The Bertz CT molecular complexity index is 796. The molecule has 1 unspecified atom stereocenters. The van der Waals surface area contributed by atoms with Gasteiger partial charge in [0.25, 0.3) is 5.91 Å². The molecule has 1 aromatic carbocycles. The second kappa shape index (κ2) is 6.99. The molecule has 24 heavy (non-hydrogen) atoms. The number of hydrogen-bond acceptors (Lipinski definition) is 6. The minimum Gasteiger partial charge on any atom is -0.480 e. The maximum atomic E-state index is 12.3. The highest BCUT2D eigenvalue weighted by Crippen LogP contribution is 2.28. The van der Waals surface area contributed by atoms with Gasteiger partial charge in [0, 0.05) is 24.4 Å². The van der Waals surface area contributed by atoms with Crippen LogP contribution in [0.15, 0.2) is 24.3 Å². The van der Waals surface area contributed by atoms with Gasteiger partial charge in [-0.3, -0.25) is 10.1 Å². The first-order chi connectivity index (χ1) is 11.6. The number of likely N-dealkylation sites (N-methyl/N-ethyl adjacent to an activating group) is 1. The lowest BCUT2D eigenvalue weighted by Crippen LogP contribution is -2.30. The molecule has 1 N–H and O–H groups in total. The molecule has 0 bridgehead atoms. The third-order valence-electron chi connectivity index (χ3n) is 3.83. The third kappa shape index (κ3) is 3.55. The van der Waals surface area contributed by atoms with Gasteiger partial charge in [-0.25, -0.2) is 4.98 Å². The second-order valence-electron chi connectivity index (χ2n) is 5.73. The number of carbonyl (C=O) groups is 1. The van der Waals surface area contributed by atoms with Gasteiger partial charge in [0.1, 0.15) is 11.8 Å². The molecule has 1 aliphatic rings.